The number of fused-ring (bicyclic) bond motifs is 2. The van der Waals surface area contributed by atoms with Crippen LogP contribution in [-0.4, -0.2) is 17.6 Å². The Hall–Kier alpha value is -2.81. The lowest BCUT2D eigenvalue weighted by Gasteiger charge is -2.29. The zero-order chi connectivity index (χ0) is 15.8. The van der Waals surface area contributed by atoms with Crippen LogP contribution in [0.25, 0.3) is 10.8 Å². The van der Waals surface area contributed by atoms with E-state index in [2.05, 4.69) is 6.07 Å². The molecule has 3 nitrogen and oxygen atoms in total. The van der Waals surface area contributed by atoms with Gasteiger partial charge in [0, 0.05) is 12.2 Å². The SMILES string of the molecule is O=C(c1cc2ccccc2cc1O)N1CCCc2ccccc21. The Kier molecular flexibility index (Phi) is 3.27. The lowest BCUT2D eigenvalue weighted by atomic mass is 9.99. The van der Waals surface area contributed by atoms with Gasteiger partial charge in [-0.25, -0.2) is 0 Å². The number of hydrogen-bond donors (Lipinski definition) is 1. The molecule has 1 heterocycles. The molecule has 0 spiro atoms. The van der Waals surface area contributed by atoms with E-state index in [4.69, 9.17) is 0 Å². The third-order valence-corrected chi connectivity index (χ3v) is 4.45. The van der Waals surface area contributed by atoms with Crippen molar-refractivity contribution in [3.63, 3.8) is 0 Å². The Bertz CT molecular complexity index is 901. The van der Waals surface area contributed by atoms with E-state index in [0.29, 0.717) is 12.1 Å². The van der Waals surface area contributed by atoms with Crippen molar-refractivity contribution < 1.29 is 9.90 Å². The van der Waals surface area contributed by atoms with E-state index >= 15 is 0 Å². The molecule has 23 heavy (non-hydrogen) atoms. The van der Waals surface area contributed by atoms with Crippen LogP contribution in [0.15, 0.2) is 60.7 Å². The average molecular weight is 303 g/mol. The van der Waals surface area contributed by atoms with E-state index in [1.165, 1.54) is 5.56 Å². The number of para-hydroxylation sites is 1. The van der Waals surface area contributed by atoms with Crippen LogP contribution in [0.1, 0.15) is 22.3 Å². The van der Waals surface area contributed by atoms with Crippen LogP contribution < -0.4 is 4.90 Å². The van der Waals surface area contributed by atoms with Crippen LogP contribution in [0.3, 0.4) is 0 Å². The normalized spacial score (nSPS) is 13.8. The first-order valence-electron chi connectivity index (χ1n) is 7.85. The summed E-state index contributed by atoms with van der Waals surface area (Å²) in [4.78, 5) is 14.8. The fourth-order valence-electron chi connectivity index (χ4n) is 3.29. The minimum absolute atomic E-state index is 0.0387. The minimum Gasteiger partial charge on any atom is -0.507 e. The standard InChI is InChI=1S/C20H17NO2/c22-19-13-16-8-2-1-7-15(16)12-17(19)20(23)21-11-5-9-14-6-3-4-10-18(14)21/h1-4,6-8,10,12-13,22H,5,9,11H2. The van der Waals surface area contributed by atoms with Gasteiger partial charge in [-0.15, -0.1) is 0 Å². The van der Waals surface area contributed by atoms with Gasteiger partial charge in [-0.3, -0.25) is 4.79 Å². The summed E-state index contributed by atoms with van der Waals surface area (Å²) in [5.41, 5.74) is 2.50. The van der Waals surface area contributed by atoms with Gasteiger partial charge < -0.3 is 10.0 Å². The second kappa shape index (κ2) is 5.43. The molecule has 0 saturated carbocycles. The molecule has 114 valence electrons. The summed E-state index contributed by atoms with van der Waals surface area (Å²) in [7, 11) is 0. The van der Waals surface area contributed by atoms with Gasteiger partial charge in [0.1, 0.15) is 5.75 Å². The molecular formula is C20H17NO2. The number of phenolic OH excluding ortho intramolecular Hbond substituents is 1. The van der Waals surface area contributed by atoms with Gasteiger partial charge in [-0.1, -0.05) is 42.5 Å². The number of hydrogen-bond acceptors (Lipinski definition) is 2. The molecule has 3 heteroatoms. The Labute approximate surface area is 134 Å². The first-order chi connectivity index (χ1) is 11.2. The van der Waals surface area contributed by atoms with Crippen molar-refractivity contribution in [1.29, 1.82) is 0 Å². The molecule has 1 aliphatic heterocycles. The maximum atomic E-state index is 13.0. The first kappa shape index (κ1) is 13.8. The Balaban J connectivity index is 1.80. The predicted molar refractivity (Wildman–Crippen MR) is 92.1 cm³/mol. The Morgan fingerprint density at radius 1 is 0.957 bits per heavy atom. The predicted octanol–water partition coefficient (Wildman–Crippen LogP) is 4.14. The summed E-state index contributed by atoms with van der Waals surface area (Å²) in [5, 5.41) is 12.2. The molecule has 3 aromatic rings. The van der Waals surface area contributed by atoms with E-state index in [0.717, 1.165) is 29.3 Å². The zero-order valence-corrected chi connectivity index (χ0v) is 12.7. The molecule has 0 saturated heterocycles. The molecule has 0 radical (unpaired) electrons. The van der Waals surface area contributed by atoms with Crippen LogP contribution in [0.4, 0.5) is 5.69 Å². The highest BCUT2D eigenvalue weighted by atomic mass is 16.3. The third kappa shape index (κ3) is 2.34. The van der Waals surface area contributed by atoms with Crippen LogP contribution in [0, 0.1) is 0 Å². The van der Waals surface area contributed by atoms with Gasteiger partial charge in [0.2, 0.25) is 0 Å². The van der Waals surface area contributed by atoms with Gasteiger partial charge in [-0.2, -0.15) is 0 Å². The maximum Gasteiger partial charge on any atom is 0.262 e. The van der Waals surface area contributed by atoms with Crippen LogP contribution >= 0.6 is 0 Å². The molecule has 0 fully saturated rings. The quantitative estimate of drug-likeness (QED) is 0.734. The van der Waals surface area contributed by atoms with Gasteiger partial charge in [0.15, 0.2) is 0 Å². The summed E-state index contributed by atoms with van der Waals surface area (Å²) in [6.07, 6.45) is 1.93. The molecule has 0 bridgehead atoms. The lowest BCUT2D eigenvalue weighted by Crippen LogP contribution is -2.35. The highest BCUT2D eigenvalue weighted by molar-refractivity contribution is 6.10. The number of phenols is 1. The second-order valence-electron chi connectivity index (χ2n) is 5.91. The van der Waals surface area contributed by atoms with Crippen molar-refractivity contribution in [3.8, 4) is 5.75 Å². The molecule has 0 unspecified atom stereocenters. The van der Waals surface area contributed by atoms with Crippen LogP contribution in [-0.2, 0) is 6.42 Å². The van der Waals surface area contributed by atoms with Crippen molar-refractivity contribution in [2.24, 2.45) is 0 Å². The minimum atomic E-state index is -0.139. The zero-order valence-electron chi connectivity index (χ0n) is 12.7. The van der Waals surface area contributed by atoms with Crippen molar-refractivity contribution in [2.45, 2.75) is 12.8 Å². The van der Waals surface area contributed by atoms with E-state index < -0.39 is 0 Å². The third-order valence-electron chi connectivity index (χ3n) is 4.45. The monoisotopic (exact) mass is 303 g/mol. The number of anilines is 1. The number of amides is 1. The summed E-state index contributed by atoms with van der Waals surface area (Å²) >= 11 is 0. The van der Waals surface area contributed by atoms with Gasteiger partial charge in [0.05, 0.1) is 5.56 Å². The second-order valence-corrected chi connectivity index (χ2v) is 5.91. The lowest BCUT2D eigenvalue weighted by molar-refractivity contribution is 0.0982. The number of carbonyl (C=O) groups excluding carboxylic acids is 1. The average Bonchev–Trinajstić information content (AvgIpc) is 2.60. The summed E-state index contributed by atoms with van der Waals surface area (Å²) in [6, 6.07) is 19.2. The Morgan fingerprint density at radius 3 is 2.48 bits per heavy atom. The Morgan fingerprint density at radius 2 is 1.65 bits per heavy atom. The van der Waals surface area contributed by atoms with Crippen molar-refractivity contribution in [2.75, 3.05) is 11.4 Å². The molecule has 1 amide bonds. The van der Waals surface area contributed by atoms with Crippen LogP contribution in [0.5, 0.6) is 5.75 Å². The van der Waals surface area contributed by atoms with E-state index in [1.807, 2.05) is 42.5 Å². The summed E-state index contributed by atoms with van der Waals surface area (Å²) < 4.78 is 0. The number of nitrogens with zero attached hydrogens (tertiary/aromatic N) is 1. The van der Waals surface area contributed by atoms with Gasteiger partial charge >= 0.3 is 0 Å². The van der Waals surface area contributed by atoms with Gasteiger partial charge in [0.25, 0.3) is 5.91 Å². The van der Waals surface area contributed by atoms with Gasteiger partial charge in [-0.05, 0) is 47.4 Å². The molecule has 3 aromatic carbocycles. The fraction of sp³-hybridized carbons (Fsp3) is 0.150. The van der Waals surface area contributed by atoms with E-state index in [-0.39, 0.29) is 11.7 Å². The van der Waals surface area contributed by atoms with Crippen molar-refractivity contribution in [3.05, 3.63) is 71.8 Å². The van der Waals surface area contributed by atoms with Crippen molar-refractivity contribution >= 4 is 22.4 Å². The number of aromatic hydroxyl groups is 1. The molecular weight excluding hydrogens is 286 g/mol. The topological polar surface area (TPSA) is 40.5 Å². The van der Waals surface area contributed by atoms with Crippen molar-refractivity contribution in [1.82, 2.24) is 0 Å². The number of aryl methyl sites for hydroxylation is 1. The van der Waals surface area contributed by atoms with Crippen LogP contribution in [0.2, 0.25) is 0 Å². The largest absolute Gasteiger partial charge is 0.507 e. The highest BCUT2D eigenvalue weighted by Crippen LogP contribution is 2.31. The fourth-order valence-corrected chi connectivity index (χ4v) is 3.29. The first-order valence-corrected chi connectivity index (χ1v) is 7.85. The summed E-state index contributed by atoms with van der Waals surface area (Å²) in [6.45, 7) is 0.683. The maximum absolute atomic E-state index is 13.0. The number of benzene rings is 3. The smallest absolute Gasteiger partial charge is 0.262 e. The number of carbonyl (C=O) groups is 1. The summed E-state index contributed by atoms with van der Waals surface area (Å²) in [5.74, 6) is -0.0999. The molecule has 0 aromatic heterocycles. The molecule has 4 rings (SSSR count). The highest BCUT2D eigenvalue weighted by Gasteiger charge is 2.25. The molecule has 0 atom stereocenters. The molecule has 0 aliphatic carbocycles. The molecule has 1 N–H and O–H groups in total. The van der Waals surface area contributed by atoms with E-state index in [9.17, 15) is 9.90 Å². The number of rotatable bonds is 1. The molecule has 1 aliphatic rings. The van der Waals surface area contributed by atoms with E-state index in [1.54, 1.807) is 17.0 Å².